The number of hydrogen-bond acceptors (Lipinski definition) is 2. The minimum Gasteiger partial charge on any atom is -0.244 e. The van der Waals surface area contributed by atoms with Crippen LogP contribution in [0.3, 0.4) is 0 Å². The van der Waals surface area contributed by atoms with Gasteiger partial charge in [-0.1, -0.05) is 6.92 Å². The Morgan fingerprint density at radius 3 is 2.53 bits per heavy atom. The van der Waals surface area contributed by atoms with Gasteiger partial charge in [-0.2, -0.15) is 4.98 Å². The Balaban J connectivity index is 2.67. The third kappa shape index (κ3) is 1.95. The molecule has 0 aliphatic heterocycles. The van der Waals surface area contributed by atoms with Gasteiger partial charge < -0.3 is 0 Å². The number of hydrogen-bond donors (Lipinski definition) is 1. The minimum atomic E-state index is -1.29. The smallest absolute Gasteiger partial charge is 0.244 e. The van der Waals surface area contributed by atoms with E-state index >= 15 is 0 Å². The molecular formula is C10H8F3N3O. The molecule has 0 saturated heterocycles. The molecule has 2 rings (SSSR count). The van der Waals surface area contributed by atoms with Gasteiger partial charge in [-0.05, 0) is 0 Å². The van der Waals surface area contributed by atoms with Gasteiger partial charge in [0.25, 0.3) is 0 Å². The molecule has 0 radical (unpaired) electrons. The van der Waals surface area contributed by atoms with Crippen molar-refractivity contribution in [3.05, 3.63) is 45.9 Å². The molecule has 0 unspecified atom stereocenters. The lowest BCUT2D eigenvalue weighted by atomic mass is 10.2. The number of halogens is 3. The normalized spacial score (nSPS) is 10.8. The first-order valence-corrected chi connectivity index (χ1v) is 4.85. The van der Waals surface area contributed by atoms with Crippen LogP contribution >= 0.6 is 0 Å². The van der Waals surface area contributed by atoms with Gasteiger partial charge >= 0.3 is 5.69 Å². The van der Waals surface area contributed by atoms with Crippen molar-refractivity contribution in [3.8, 4) is 5.69 Å². The summed E-state index contributed by atoms with van der Waals surface area (Å²) in [5.41, 5.74) is -0.957. The summed E-state index contributed by atoms with van der Waals surface area (Å²) in [6.07, 6.45) is 0.344. The summed E-state index contributed by atoms with van der Waals surface area (Å²) < 4.78 is 40.2. The molecule has 0 fully saturated rings. The number of H-pyrrole nitrogens is 1. The molecule has 0 amide bonds. The maximum Gasteiger partial charge on any atom is 0.361 e. The summed E-state index contributed by atoms with van der Waals surface area (Å²) in [4.78, 5) is 14.6. The van der Waals surface area contributed by atoms with E-state index in [1.54, 1.807) is 6.92 Å². The van der Waals surface area contributed by atoms with Crippen LogP contribution in [0.4, 0.5) is 13.2 Å². The van der Waals surface area contributed by atoms with Gasteiger partial charge in [0.1, 0.15) is 11.5 Å². The van der Waals surface area contributed by atoms with E-state index in [1.165, 1.54) is 0 Å². The van der Waals surface area contributed by atoms with E-state index in [-0.39, 0.29) is 11.5 Å². The van der Waals surface area contributed by atoms with Gasteiger partial charge in [0.15, 0.2) is 17.5 Å². The first kappa shape index (κ1) is 11.4. The van der Waals surface area contributed by atoms with Crippen molar-refractivity contribution in [1.82, 2.24) is 14.8 Å². The van der Waals surface area contributed by atoms with Gasteiger partial charge in [0.2, 0.25) is 0 Å². The monoisotopic (exact) mass is 243 g/mol. The largest absolute Gasteiger partial charge is 0.361 e. The average molecular weight is 243 g/mol. The first-order valence-electron chi connectivity index (χ1n) is 4.85. The minimum absolute atomic E-state index is 0.236. The van der Waals surface area contributed by atoms with Crippen LogP contribution in [0.15, 0.2) is 16.9 Å². The highest BCUT2D eigenvalue weighted by Gasteiger charge is 2.14. The maximum atomic E-state index is 13.5. The van der Waals surface area contributed by atoms with Gasteiger partial charge in [-0.3, -0.25) is 0 Å². The van der Waals surface area contributed by atoms with Gasteiger partial charge in [-0.25, -0.2) is 27.7 Å². The van der Waals surface area contributed by atoms with Crippen LogP contribution < -0.4 is 5.69 Å². The Hall–Kier alpha value is -2.05. The molecule has 0 aliphatic rings. The standard InChI is InChI=1S/C10H8F3N3O/c1-2-9-14-10(17)15-16(9)8-4-6(12)5(11)3-7(8)13/h3-4H,2H2,1H3,(H,15,17). The van der Waals surface area contributed by atoms with Crippen LogP contribution in [-0.2, 0) is 6.42 Å². The molecule has 2 aromatic rings. The van der Waals surface area contributed by atoms with Crippen molar-refractivity contribution < 1.29 is 13.2 Å². The quantitative estimate of drug-likeness (QED) is 0.813. The van der Waals surface area contributed by atoms with Gasteiger partial charge in [0.05, 0.1) is 0 Å². The summed E-state index contributed by atoms with van der Waals surface area (Å²) in [6.45, 7) is 1.70. The summed E-state index contributed by atoms with van der Waals surface area (Å²) >= 11 is 0. The second-order valence-electron chi connectivity index (χ2n) is 3.35. The van der Waals surface area contributed by atoms with Gasteiger partial charge in [-0.15, -0.1) is 0 Å². The fourth-order valence-electron chi connectivity index (χ4n) is 1.47. The van der Waals surface area contributed by atoms with E-state index in [9.17, 15) is 18.0 Å². The van der Waals surface area contributed by atoms with Crippen LogP contribution in [0.25, 0.3) is 5.69 Å². The maximum absolute atomic E-state index is 13.5. The highest BCUT2D eigenvalue weighted by Crippen LogP contribution is 2.17. The molecule has 1 aromatic heterocycles. The van der Waals surface area contributed by atoms with E-state index in [4.69, 9.17) is 0 Å². The molecule has 0 spiro atoms. The molecule has 0 bridgehead atoms. The lowest BCUT2D eigenvalue weighted by Crippen LogP contribution is -2.08. The van der Waals surface area contributed by atoms with Crippen LogP contribution in [-0.4, -0.2) is 14.8 Å². The Morgan fingerprint density at radius 1 is 1.24 bits per heavy atom. The van der Waals surface area contributed by atoms with Crippen molar-refractivity contribution in [2.24, 2.45) is 0 Å². The van der Waals surface area contributed by atoms with E-state index < -0.39 is 23.1 Å². The molecule has 0 atom stereocenters. The van der Waals surface area contributed by atoms with Crippen LogP contribution in [0, 0.1) is 17.5 Å². The lowest BCUT2D eigenvalue weighted by Gasteiger charge is -2.07. The molecule has 0 saturated carbocycles. The molecule has 1 N–H and O–H groups in total. The third-order valence-corrected chi connectivity index (χ3v) is 2.24. The molecule has 90 valence electrons. The lowest BCUT2D eigenvalue weighted by molar-refractivity contribution is 0.490. The molecule has 4 nitrogen and oxygen atoms in total. The van der Waals surface area contributed by atoms with Crippen molar-refractivity contribution in [2.75, 3.05) is 0 Å². The summed E-state index contributed by atoms with van der Waals surface area (Å²) in [7, 11) is 0. The number of benzene rings is 1. The van der Waals surface area contributed by atoms with Crippen LogP contribution in [0.5, 0.6) is 0 Å². The number of nitrogens with one attached hydrogen (secondary N) is 1. The Morgan fingerprint density at radius 2 is 1.88 bits per heavy atom. The summed E-state index contributed by atoms with van der Waals surface area (Å²) in [5, 5.41) is 2.22. The van der Waals surface area contributed by atoms with Crippen molar-refractivity contribution >= 4 is 0 Å². The fourth-order valence-corrected chi connectivity index (χ4v) is 1.47. The predicted molar refractivity (Wildman–Crippen MR) is 53.4 cm³/mol. The van der Waals surface area contributed by atoms with E-state index in [0.717, 1.165) is 4.68 Å². The Labute approximate surface area is 93.7 Å². The number of nitrogens with zero attached hydrogens (tertiary/aromatic N) is 2. The molecule has 0 aliphatic carbocycles. The van der Waals surface area contributed by atoms with E-state index in [1.807, 2.05) is 0 Å². The van der Waals surface area contributed by atoms with Crippen LogP contribution in [0.2, 0.25) is 0 Å². The second kappa shape index (κ2) is 4.08. The van der Waals surface area contributed by atoms with E-state index in [0.29, 0.717) is 18.6 Å². The Kier molecular flexibility index (Phi) is 2.74. The summed E-state index contributed by atoms with van der Waals surface area (Å²) in [6, 6.07) is 1.09. The third-order valence-electron chi connectivity index (χ3n) is 2.24. The zero-order valence-corrected chi connectivity index (χ0v) is 8.80. The summed E-state index contributed by atoms with van der Waals surface area (Å²) in [5.74, 6) is -3.23. The number of aryl methyl sites for hydroxylation is 1. The van der Waals surface area contributed by atoms with Crippen molar-refractivity contribution in [1.29, 1.82) is 0 Å². The number of rotatable bonds is 2. The van der Waals surface area contributed by atoms with Crippen molar-refractivity contribution in [3.63, 3.8) is 0 Å². The molecule has 1 aromatic carbocycles. The molecule has 17 heavy (non-hydrogen) atoms. The zero-order valence-electron chi connectivity index (χ0n) is 8.80. The zero-order chi connectivity index (χ0) is 12.6. The van der Waals surface area contributed by atoms with Gasteiger partial charge in [0, 0.05) is 18.6 Å². The molecular weight excluding hydrogens is 235 g/mol. The van der Waals surface area contributed by atoms with Crippen LogP contribution in [0.1, 0.15) is 12.7 Å². The second-order valence-corrected chi connectivity index (χ2v) is 3.35. The first-order chi connectivity index (χ1) is 8.02. The fraction of sp³-hybridized carbons (Fsp3) is 0.200. The highest BCUT2D eigenvalue weighted by atomic mass is 19.2. The van der Waals surface area contributed by atoms with Crippen molar-refractivity contribution in [2.45, 2.75) is 13.3 Å². The molecule has 1 heterocycles. The molecule has 7 heteroatoms. The number of aromatic nitrogens is 3. The number of aromatic amines is 1. The SMILES string of the molecule is CCc1nc(=O)[nH]n1-c1cc(F)c(F)cc1F. The highest BCUT2D eigenvalue weighted by molar-refractivity contribution is 5.34. The topological polar surface area (TPSA) is 50.7 Å². The Bertz CT molecular complexity index is 618. The predicted octanol–water partition coefficient (Wildman–Crippen LogP) is 1.54. The average Bonchev–Trinajstić information content (AvgIpc) is 2.64. The van der Waals surface area contributed by atoms with E-state index in [2.05, 4.69) is 10.1 Å².